The van der Waals surface area contributed by atoms with Gasteiger partial charge in [0.05, 0.1) is 0 Å². The molecule has 4 heteroatoms. The fraction of sp³-hybridized carbons (Fsp3) is 0.200. The van der Waals surface area contributed by atoms with E-state index in [0.29, 0.717) is 0 Å². The Labute approximate surface area is 90.1 Å². The van der Waals surface area contributed by atoms with Crippen LogP contribution in [0.15, 0.2) is 35.0 Å². The first kappa shape index (κ1) is 9.86. The van der Waals surface area contributed by atoms with Crippen molar-refractivity contribution in [2.75, 3.05) is 0 Å². The van der Waals surface area contributed by atoms with Gasteiger partial charge in [0.2, 0.25) is 0 Å². The molecule has 2 nitrogen and oxygen atoms in total. The average molecular weight is 226 g/mol. The Bertz CT molecular complexity index is 328. The molecule has 0 spiro atoms. The standard InChI is InChI=1S/C10H10O2S2/c11-9(7-3-1-5-13-7)10(12)8-4-2-6-14-8/h1-6,9-12H/t9-,10-/m1/s1. The summed E-state index contributed by atoms with van der Waals surface area (Å²) in [7, 11) is 0. The van der Waals surface area contributed by atoms with Crippen LogP contribution in [0, 0.1) is 0 Å². The largest absolute Gasteiger partial charge is 0.384 e. The van der Waals surface area contributed by atoms with E-state index in [4.69, 9.17) is 0 Å². The molecule has 74 valence electrons. The highest BCUT2D eigenvalue weighted by atomic mass is 32.1. The van der Waals surface area contributed by atoms with Gasteiger partial charge in [0.25, 0.3) is 0 Å². The third-order valence-electron chi connectivity index (χ3n) is 1.97. The van der Waals surface area contributed by atoms with E-state index in [-0.39, 0.29) is 0 Å². The lowest BCUT2D eigenvalue weighted by Crippen LogP contribution is -2.07. The van der Waals surface area contributed by atoms with Crippen molar-refractivity contribution in [3.63, 3.8) is 0 Å². The second kappa shape index (κ2) is 4.23. The van der Waals surface area contributed by atoms with Gasteiger partial charge in [0, 0.05) is 9.75 Å². The van der Waals surface area contributed by atoms with Gasteiger partial charge < -0.3 is 10.2 Å². The van der Waals surface area contributed by atoms with Gasteiger partial charge in [-0.25, -0.2) is 0 Å². The molecule has 0 saturated carbocycles. The van der Waals surface area contributed by atoms with Gasteiger partial charge in [-0.15, -0.1) is 22.7 Å². The van der Waals surface area contributed by atoms with Crippen LogP contribution in [0.4, 0.5) is 0 Å². The number of aliphatic hydroxyl groups excluding tert-OH is 2. The molecule has 0 aliphatic heterocycles. The predicted octanol–water partition coefficient (Wildman–Crippen LogP) is 2.58. The summed E-state index contributed by atoms with van der Waals surface area (Å²) in [5.74, 6) is 0. The zero-order valence-corrected chi connectivity index (χ0v) is 8.96. The van der Waals surface area contributed by atoms with Crippen LogP contribution in [-0.4, -0.2) is 10.2 Å². The van der Waals surface area contributed by atoms with Crippen LogP contribution in [0.1, 0.15) is 22.0 Å². The lowest BCUT2D eigenvalue weighted by atomic mass is 10.1. The van der Waals surface area contributed by atoms with E-state index in [9.17, 15) is 10.2 Å². The number of hydrogen-bond acceptors (Lipinski definition) is 4. The third kappa shape index (κ3) is 1.88. The minimum Gasteiger partial charge on any atom is -0.384 e. The van der Waals surface area contributed by atoms with E-state index in [1.54, 1.807) is 0 Å². The van der Waals surface area contributed by atoms with Crippen molar-refractivity contribution in [2.24, 2.45) is 0 Å². The van der Waals surface area contributed by atoms with Crippen LogP contribution in [-0.2, 0) is 0 Å². The smallest absolute Gasteiger partial charge is 0.119 e. The maximum Gasteiger partial charge on any atom is 0.119 e. The summed E-state index contributed by atoms with van der Waals surface area (Å²) < 4.78 is 0. The Morgan fingerprint density at radius 1 is 0.857 bits per heavy atom. The van der Waals surface area contributed by atoms with Gasteiger partial charge in [0.1, 0.15) is 12.2 Å². The number of aliphatic hydroxyl groups is 2. The quantitative estimate of drug-likeness (QED) is 0.844. The molecule has 14 heavy (non-hydrogen) atoms. The molecule has 0 unspecified atom stereocenters. The van der Waals surface area contributed by atoms with Crippen LogP contribution < -0.4 is 0 Å². The molecule has 0 aliphatic carbocycles. The molecule has 0 aromatic carbocycles. The molecular formula is C10H10O2S2. The van der Waals surface area contributed by atoms with Crippen molar-refractivity contribution in [2.45, 2.75) is 12.2 Å². The maximum absolute atomic E-state index is 9.82. The Balaban J connectivity index is 2.16. The zero-order chi connectivity index (χ0) is 9.97. The number of rotatable bonds is 3. The molecule has 0 aliphatic rings. The first-order valence-electron chi connectivity index (χ1n) is 4.22. The fourth-order valence-electron chi connectivity index (χ4n) is 1.23. The normalized spacial score (nSPS) is 15.3. The summed E-state index contributed by atoms with van der Waals surface area (Å²) in [6, 6.07) is 7.38. The molecule has 2 N–H and O–H groups in total. The summed E-state index contributed by atoms with van der Waals surface area (Å²) in [4.78, 5) is 1.59. The van der Waals surface area contributed by atoms with E-state index in [1.165, 1.54) is 22.7 Å². The van der Waals surface area contributed by atoms with Crippen molar-refractivity contribution < 1.29 is 10.2 Å². The van der Waals surface area contributed by atoms with E-state index in [2.05, 4.69) is 0 Å². The van der Waals surface area contributed by atoms with Gasteiger partial charge >= 0.3 is 0 Å². The van der Waals surface area contributed by atoms with Gasteiger partial charge in [-0.2, -0.15) is 0 Å². The number of hydrogen-bond donors (Lipinski definition) is 2. The van der Waals surface area contributed by atoms with Crippen LogP contribution in [0.25, 0.3) is 0 Å². The monoisotopic (exact) mass is 226 g/mol. The molecule has 0 bridgehead atoms. The lowest BCUT2D eigenvalue weighted by molar-refractivity contribution is 0.0217. The SMILES string of the molecule is O[C@H](c1cccs1)[C@H](O)c1cccs1. The molecule has 2 rings (SSSR count). The lowest BCUT2D eigenvalue weighted by Gasteiger charge is -2.14. The highest BCUT2D eigenvalue weighted by molar-refractivity contribution is 7.10. The van der Waals surface area contributed by atoms with Gasteiger partial charge in [0.15, 0.2) is 0 Å². The molecule has 0 amide bonds. The summed E-state index contributed by atoms with van der Waals surface area (Å²) in [5.41, 5.74) is 0. The van der Waals surface area contributed by atoms with Crippen LogP contribution >= 0.6 is 22.7 Å². The summed E-state index contributed by atoms with van der Waals surface area (Å²) in [5, 5.41) is 23.4. The van der Waals surface area contributed by atoms with Gasteiger partial charge in [-0.3, -0.25) is 0 Å². The Hall–Kier alpha value is -0.680. The highest BCUT2D eigenvalue weighted by Crippen LogP contribution is 2.33. The van der Waals surface area contributed by atoms with Gasteiger partial charge in [-0.1, -0.05) is 12.1 Å². The van der Waals surface area contributed by atoms with Gasteiger partial charge in [-0.05, 0) is 22.9 Å². The summed E-state index contributed by atoms with van der Waals surface area (Å²) >= 11 is 2.90. The van der Waals surface area contributed by atoms with E-state index < -0.39 is 12.2 Å². The Morgan fingerprint density at radius 3 is 1.57 bits per heavy atom. The molecule has 2 aromatic heterocycles. The molecular weight excluding hydrogens is 216 g/mol. The second-order valence-corrected chi connectivity index (χ2v) is 4.88. The van der Waals surface area contributed by atoms with E-state index >= 15 is 0 Å². The Morgan fingerprint density at radius 2 is 1.29 bits per heavy atom. The maximum atomic E-state index is 9.82. The molecule has 2 atom stereocenters. The van der Waals surface area contributed by atoms with Crippen molar-refractivity contribution in [3.05, 3.63) is 44.8 Å². The molecule has 2 aromatic rings. The minimum atomic E-state index is -0.811. The second-order valence-electron chi connectivity index (χ2n) is 2.92. The predicted molar refractivity (Wildman–Crippen MR) is 58.6 cm³/mol. The topological polar surface area (TPSA) is 40.5 Å². The van der Waals surface area contributed by atoms with Crippen LogP contribution in [0.3, 0.4) is 0 Å². The van der Waals surface area contributed by atoms with Crippen LogP contribution in [0.5, 0.6) is 0 Å². The van der Waals surface area contributed by atoms with Crippen molar-refractivity contribution in [3.8, 4) is 0 Å². The molecule has 0 saturated heterocycles. The van der Waals surface area contributed by atoms with Crippen molar-refractivity contribution >= 4 is 22.7 Å². The highest BCUT2D eigenvalue weighted by Gasteiger charge is 2.21. The fourth-order valence-corrected chi connectivity index (χ4v) is 2.71. The minimum absolute atomic E-state index is 0.797. The van der Waals surface area contributed by atoms with Crippen LogP contribution in [0.2, 0.25) is 0 Å². The molecule has 0 fully saturated rings. The van der Waals surface area contributed by atoms with E-state index in [1.807, 2.05) is 35.0 Å². The molecule has 2 heterocycles. The average Bonchev–Trinajstić information content (AvgIpc) is 2.87. The summed E-state index contributed by atoms with van der Waals surface area (Å²) in [6.45, 7) is 0. The van der Waals surface area contributed by atoms with E-state index in [0.717, 1.165) is 9.75 Å². The number of thiophene rings is 2. The Kier molecular flexibility index (Phi) is 2.98. The third-order valence-corrected chi connectivity index (χ3v) is 3.85. The molecule has 0 radical (unpaired) electrons. The summed E-state index contributed by atoms with van der Waals surface area (Å²) in [6.07, 6.45) is -1.62. The van der Waals surface area contributed by atoms with Crippen molar-refractivity contribution in [1.29, 1.82) is 0 Å². The first-order chi connectivity index (χ1) is 6.79. The zero-order valence-electron chi connectivity index (χ0n) is 7.33. The van der Waals surface area contributed by atoms with Crippen molar-refractivity contribution in [1.82, 2.24) is 0 Å². The first-order valence-corrected chi connectivity index (χ1v) is 5.98.